The van der Waals surface area contributed by atoms with Crippen molar-refractivity contribution in [3.8, 4) is 0 Å². The van der Waals surface area contributed by atoms with Gasteiger partial charge in [-0.05, 0) is 18.9 Å². The van der Waals surface area contributed by atoms with E-state index in [9.17, 15) is 0 Å². The maximum absolute atomic E-state index is 5.89. The van der Waals surface area contributed by atoms with E-state index in [1.807, 2.05) is 6.08 Å². The summed E-state index contributed by atoms with van der Waals surface area (Å²) in [6.07, 6.45) is 11.6. The van der Waals surface area contributed by atoms with Crippen molar-refractivity contribution in [1.82, 2.24) is 0 Å². The minimum Gasteiger partial charge on any atom is -0.463 e. The van der Waals surface area contributed by atoms with Crippen LogP contribution in [0.1, 0.15) is 19.3 Å². The largest absolute Gasteiger partial charge is 0.463 e. The zero-order valence-electron chi connectivity index (χ0n) is 7.99. The third-order valence-corrected chi connectivity index (χ3v) is 3.04. The van der Waals surface area contributed by atoms with Crippen molar-refractivity contribution < 1.29 is 4.74 Å². The Morgan fingerprint density at radius 3 is 3.14 bits per heavy atom. The van der Waals surface area contributed by atoms with Gasteiger partial charge in [0.15, 0.2) is 0 Å². The van der Waals surface area contributed by atoms with Gasteiger partial charge in [0.2, 0.25) is 0 Å². The summed E-state index contributed by atoms with van der Waals surface area (Å²) in [6, 6.07) is 0. The van der Waals surface area contributed by atoms with Crippen molar-refractivity contribution in [2.45, 2.75) is 19.3 Å². The second-order valence-corrected chi connectivity index (χ2v) is 3.93. The van der Waals surface area contributed by atoms with Crippen molar-refractivity contribution in [3.63, 3.8) is 0 Å². The van der Waals surface area contributed by atoms with Crippen molar-refractivity contribution in [2.75, 3.05) is 0 Å². The molecule has 14 heavy (non-hydrogen) atoms. The predicted molar refractivity (Wildman–Crippen MR) is 54.9 cm³/mol. The molecule has 1 unspecified atom stereocenters. The van der Waals surface area contributed by atoms with Crippen LogP contribution in [0.4, 0.5) is 0 Å². The van der Waals surface area contributed by atoms with Crippen LogP contribution in [0.15, 0.2) is 47.1 Å². The summed E-state index contributed by atoms with van der Waals surface area (Å²) in [6.45, 7) is 0. The molecular formula is C12H13NO. The fourth-order valence-corrected chi connectivity index (χ4v) is 2.33. The van der Waals surface area contributed by atoms with Crippen molar-refractivity contribution in [1.29, 1.82) is 0 Å². The quantitative estimate of drug-likeness (QED) is 0.632. The monoisotopic (exact) mass is 187 g/mol. The highest BCUT2D eigenvalue weighted by molar-refractivity contribution is 5.43. The fraction of sp³-hybridized carbons (Fsp3) is 0.333. The second kappa shape index (κ2) is 2.77. The number of hydrogen-bond donors (Lipinski definition) is 1. The number of ether oxygens (including phenoxy) is 1. The second-order valence-electron chi connectivity index (χ2n) is 3.93. The lowest BCUT2D eigenvalue weighted by molar-refractivity contribution is 0.287. The van der Waals surface area contributed by atoms with E-state index in [1.165, 1.54) is 5.57 Å². The van der Waals surface area contributed by atoms with Gasteiger partial charge in [-0.1, -0.05) is 18.2 Å². The summed E-state index contributed by atoms with van der Waals surface area (Å²) >= 11 is 0. The molecule has 2 aliphatic carbocycles. The zero-order chi connectivity index (χ0) is 9.54. The molecule has 0 fully saturated rings. The van der Waals surface area contributed by atoms with Crippen LogP contribution in [0, 0.1) is 5.92 Å². The molecule has 0 aromatic rings. The van der Waals surface area contributed by atoms with Crippen LogP contribution >= 0.6 is 0 Å². The van der Waals surface area contributed by atoms with E-state index < -0.39 is 0 Å². The molecule has 0 spiro atoms. The normalized spacial score (nSPS) is 29.0. The number of rotatable bonds is 0. The maximum atomic E-state index is 5.89. The highest BCUT2D eigenvalue weighted by Crippen LogP contribution is 2.43. The molecule has 0 saturated heterocycles. The highest BCUT2D eigenvalue weighted by Gasteiger charge is 2.33. The first-order valence-electron chi connectivity index (χ1n) is 5.10. The molecule has 3 aliphatic rings. The van der Waals surface area contributed by atoms with Crippen molar-refractivity contribution in [2.24, 2.45) is 11.7 Å². The Labute approximate surface area is 83.4 Å². The van der Waals surface area contributed by atoms with Crippen molar-refractivity contribution in [3.05, 3.63) is 47.1 Å². The fourth-order valence-electron chi connectivity index (χ4n) is 2.33. The number of allylic oxidation sites excluding steroid dienone is 6. The third kappa shape index (κ3) is 0.969. The molecular weight excluding hydrogens is 174 g/mol. The SMILES string of the molecule is NC1=C2OC3=C(C=CCC3)C2CC=C1. The van der Waals surface area contributed by atoms with Gasteiger partial charge >= 0.3 is 0 Å². The van der Waals surface area contributed by atoms with Gasteiger partial charge in [-0.15, -0.1) is 0 Å². The number of nitrogens with two attached hydrogens (primary N) is 1. The van der Waals surface area contributed by atoms with Crippen LogP contribution in [0.5, 0.6) is 0 Å². The van der Waals surface area contributed by atoms with Gasteiger partial charge in [0.25, 0.3) is 0 Å². The molecule has 1 heterocycles. The van der Waals surface area contributed by atoms with Crippen LogP contribution in [0.3, 0.4) is 0 Å². The van der Waals surface area contributed by atoms with Gasteiger partial charge < -0.3 is 10.5 Å². The summed E-state index contributed by atoms with van der Waals surface area (Å²) in [5.74, 6) is 2.51. The Balaban J connectivity index is 2.05. The summed E-state index contributed by atoms with van der Waals surface area (Å²) in [5.41, 5.74) is 8.03. The average molecular weight is 187 g/mol. The molecule has 3 rings (SSSR count). The zero-order valence-corrected chi connectivity index (χ0v) is 7.99. The van der Waals surface area contributed by atoms with E-state index >= 15 is 0 Å². The Kier molecular flexibility index (Phi) is 1.57. The Bertz CT molecular complexity index is 399. The Morgan fingerprint density at radius 2 is 2.21 bits per heavy atom. The van der Waals surface area contributed by atoms with E-state index in [0.717, 1.165) is 36.5 Å². The van der Waals surface area contributed by atoms with Gasteiger partial charge in [-0.2, -0.15) is 0 Å². The Morgan fingerprint density at radius 1 is 1.29 bits per heavy atom. The molecule has 0 aromatic carbocycles. The molecule has 2 heteroatoms. The first kappa shape index (κ1) is 7.92. The smallest absolute Gasteiger partial charge is 0.134 e. The first-order valence-corrected chi connectivity index (χ1v) is 5.10. The molecule has 72 valence electrons. The first-order chi connectivity index (χ1) is 6.86. The predicted octanol–water partition coefficient (Wildman–Crippen LogP) is 2.37. The van der Waals surface area contributed by atoms with Crippen LogP contribution in [0.25, 0.3) is 0 Å². The molecule has 0 radical (unpaired) electrons. The van der Waals surface area contributed by atoms with Crippen LogP contribution in [0.2, 0.25) is 0 Å². The number of fused-ring (bicyclic) bond motifs is 2. The van der Waals surface area contributed by atoms with Crippen LogP contribution in [-0.4, -0.2) is 0 Å². The molecule has 1 aliphatic heterocycles. The lowest BCUT2D eigenvalue weighted by Gasteiger charge is -2.15. The minimum atomic E-state index is 0.395. The van der Waals surface area contributed by atoms with Crippen LogP contribution in [-0.2, 0) is 4.74 Å². The summed E-state index contributed by atoms with van der Waals surface area (Å²) < 4.78 is 5.81. The van der Waals surface area contributed by atoms with Gasteiger partial charge in [0.1, 0.15) is 11.5 Å². The summed E-state index contributed by atoms with van der Waals surface area (Å²) in [5, 5.41) is 0. The van der Waals surface area contributed by atoms with Gasteiger partial charge in [-0.25, -0.2) is 0 Å². The van der Waals surface area contributed by atoms with Gasteiger partial charge in [0.05, 0.1) is 11.6 Å². The van der Waals surface area contributed by atoms with Gasteiger partial charge in [0, 0.05) is 12.0 Å². The standard InChI is InChI=1S/C12H13NO/c13-10-6-3-5-9-8-4-1-2-7-11(8)14-12(9)10/h1,3-4,6,9H,2,5,7,13H2. The lowest BCUT2D eigenvalue weighted by atomic mass is 9.88. The molecule has 0 saturated carbocycles. The van der Waals surface area contributed by atoms with E-state index in [4.69, 9.17) is 10.5 Å². The molecule has 2 nitrogen and oxygen atoms in total. The number of hydrogen-bond acceptors (Lipinski definition) is 2. The van der Waals surface area contributed by atoms with Gasteiger partial charge in [-0.3, -0.25) is 0 Å². The molecule has 0 amide bonds. The minimum absolute atomic E-state index is 0.395. The summed E-state index contributed by atoms with van der Waals surface area (Å²) in [7, 11) is 0. The highest BCUT2D eigenvalue weighted by atomic mass is 16.5. The van der Waals surface area contributed by atoms with E-state index in [0.29, 0.717) is 5.92 Å². The Hall–Kier alpha value is -1.44. The van der Waals surface area contributed by atoms with Crippen molar-refractivity contribution >= 4 is 0 Å². The van der Waals surface area contributed by atoms with E-state index in [2.05, 4.69) is 18.2 Å². The third-order valence-electron chi connectivity index (χ3n) is 3.04. The molecule has 0 aromatic heterocycles. The topological polar surface area (TPSA) is 35.2 Å². The average Bonchev–Trinajstić information content (AvgIpc) is 2.59. The van der Waals surface area contributed by atoms with Crippen LogP contribution < -0.4 is 5.73 Å². The maximum Gasteiger partial charge on any atom is 0.134 e. The summed E-state index contributed by atoms with van der Waals surface area (Å²) in [4.78, 5) is 0. The molecule has 1 atom stereocenters. The lowest BCUT2D eigenvalue weighted by Crippen LogP contribution is -2.11. The van der Waals surface area contributed by atoms with E-state index in [-0.39, 0.29) is 0 Å². The van der Waals surface area contributed by atoms with E-state index in [1.54, 1.807) is 0 Å². The molecule has 0 bridgehead atoms. The molecule has 2 N–H and O–H groups in total.